The number of H-pyrrole nitrogens is 1. The van der Waals surface area contributed by atoms with Crippen molar-refractivity contribution in [2.75, 3.05) is 13.1 Å². The number of carboxylic acid groups (broad SMARTS) is 1. The van der Waals surface area contributed by atoms with Gasteiger partial charge in [-0.05, 0) is 61.7 Å². The maximum Gasteiger partial charge on any atom is 0.416 e. The van der Waals surface area contributed by atoms with Crippen LogP contribution in [-0.4, -0.2) is 29.1 Å². The molecule has 41 heavy (non-hydrogen) atoms. The lowest BCUT2D eigenvalue weighted by Crippen LogP contribution is -2.40. The molecular weight excluding hydrogens is 549 g/mol. The molecule has 0 unspecified atom stereocenters. The van der Waals surface area contributed by atoms with Gasteiger partial charge in [0.25, 0.3) is 0 Å². The molecule has 226 valence electrons. The summed E-state index contributed by atoms with van der Waals surface area (Å²) in [6.45, 7) is 4.14. The molecule has 4 nitrogen and oxygen atoms in total. The standard InChI is InChI=1S/C24H38F3N.C9H6ClNO2/c1-2-3-4-5-6-7-8-12-19-28-20-23(17-10-9-11-18-23)21-13-15-22(16-14-21)24(25,26)27;10-8-5-3-4-11-7(5)2-1-6(8)9(12)13/h13-16,28H,2-12,17-20H2,1H3;1-4,11H,(H,12,13). The fraction of sp³-hybridized carbons (Fsp3) is 0.545. The average Bonchev–Trinajstić information content (AvgIpc) is 3.45. The van der Waals surface area contributed by atoms with Gasteiger partial charge in [-0.1, -0.05) is 94.9 Å². The van der Waals surface area contributed by atoms with Gasteiger partial charge in [-0.25, -0.2) is 4.79 Å². The van der Waals surface area contributed by atoms with Gasteiger partial charge in [0.15, 0.2) is 0 Å². The summed E-state index contributed by atoms with van der Waals surface area (Å²) in [5.74, 6) is -1.01. The van der Waals surface area contributed by atoms with Crippen LogP contribution in [-0.2, 0) is 11.6 Å². The van der Waals surface area contributed by atoms with Crippen LogP contribution in [0.3, 0.4) is 0 Å². The Morgan fingerprint density at radius 1 is 0.927 bits per heavy atom. The molecule has 0 bridgehead atoms. The Balaban J connectivity index is 0.000000294. The highest BCUT2D eigenvalue weighted by atomic mass is 35.5. The first-order valence-electron chi connectivity index (χ1n) is 15.1. The molecule has 1 aromatic heterocycles. The number of unbranched alkanes of at least 4 members (excludes halogenated alkanes) is 7. The predicted octanol–water partition coefficient (Wildman–Crippen LogP) is 10.2. The van der Waals surface area contributed by atoms with Gasteiger partial charge in [-0.15, -0.1) is 0 Å². The van der Waals surface area contributed by atoms with Crippen molar-refractivity contribution < 1.29 is 23.1 Å². The van der Waals surface area contributed by atoms with E-state index in [4.69, 9.17) is 16.7 Å². The number of hydrogen-bond acceptors (Lipinski definition) is 2. The van der Waals surface area contributed by atoms with Crippen LogP contribution in [0.5, 0.6) is 0 Å². The van der Waals surface area contributed by atoms with E-state index in [-0.39, 0.29) is 16.0 Å². The molecule has 0 amide bonds. The van der Waals surface area contributed by atoms with Crippen molar-refractivity contribution in [2.45, 2.75) is 102 Å². The number of fused-ring (bicyclic) bond motifs is 1. The van der Waals surface area contributed by atoms with Crippen LogP contribution in [0.2, 0.25) is 5.02 Å². The van der Waals surface area contributed by atoms with E-state index in [2.05, 4.69) is 17.2 Å². The highest BCUT2D eigenvalue weighted by Gasteiger charge is 2.35. The van der Waals surface area contributed by atoms with E-state index < -0.39 is 17.7 Å². The van der Waals surface area contributed by atoms with E-state index in [0.29, 0.717) is 0 Å². The van der Waals surface area contributed by atoms with Crippen LogP contribution in [0, 0.1) is 0 Å². The molecule has 0 radical (unpaired) electrons. The molecular formula is C33H44ClF3N2O2. The molecule has 2 aromatic carbocycles. The monoisotopic (exact) mass is 592 g/mol. The number of aromatic nitrogens is 1. The Labute approximate surface area is 247 Å². The van der Waals surface area contributed by atoms with Crippen LogP contribution in [0.1, 0.15) is 112 Å². The van der Waals surface area contributed by atoms with Crippen molar-refractivity contribution >= 4 is 28.5 Å². The number of halogens is 4. The maximum absolute atomic E-state index is 12.9. The topological polar surface area (TPSA) is 65.1 Å². The quantitative estimate of drug-likeness (QED) is 0.173. The van der Waals surface area contributed by atoms with Gasteiger partial charge in [0.2, 0.25) is 0 Å². The van der Waals surface area contributed by atoms with Gasteiger partial charge < -0.3 is 15.4 Å². The first-order valence-corrected chi connectivity index (χ1v) is 15.4. The van der Waals surface area contributed by atoms with E-state index in [0.717, 1.165) is 42.4 Å². The third-order valence-corrected chi connectivity index (χ3v) is 8.61. The Morgan fingerprint density at radius 2 is 1.56 bits per heavy atom. The van der Waals surface area contributed by atoms with E-state index in [1.165, 1.54) is 88.8 Å². The van der Waals surface area contributed by atoms with Crippen molar-refractivity contribution in [3.8, 4) is 0 Å². The molecule has 0 atom stereocenters. The SMILES string of the molecule is CCCCCCCCCCNCC1(c2ccc(C(F)(F)F)cc2)CCCCC1.O=C(O)c1ccc2[nH]ccc2c1Cl. The minimum Gasteiger partial charge on any atom is -0.478 e. The van der Waals surface area contributed by atoms with Crippen LogP contribution in [0.25, 0.3) is 10.9 Å². The van der Waals surface area contributed by atoms with Crippen LogP contribution in [0.4, 0.5) is 13.2 Å². The molecule has 1 saturated carbocycles. The van der Waals surface area contributed by atoms with Crippen molar-refractivity contribution in [2.24, 2.45) is 0 Å². The number of benzene rings is 2. The zero-order valence-electron chi connectivity index (χ0n) is 24.1. The number of nitrogens with one attached hydrogen (secondary N) is 2. The summed E-state index contributed by atoms with van der Waals surface area (Å²) in [6.07, 6.45) is 13.7. The number of carboxylic acids is 1. The molecule has 1 heterocycles. The lowest BCUT2D eigenvalue weighted by molar-refractivity contribution is -0.137. The molecule has 1 aliphatic rings. The second-order valence-corrected chi connectivity index (χ2v) is 11.6. The smallest absolute Gasteiger partial charge is 0.416 e. The van der Waals surface area contributed by atoms with E-state index >= 15 is 0 Å². The van der Waals surface area contributed by atoms with Crippen LogP contribution < -0.4 is 5.32 Å². The Bertz CT molecular complexity index is 1200. The van der Waals surface area contributed by atoms with Crippen molar-refractivity contribution in [1.82, 2.24) is 10.3 Å². The normalized spacial score (nSPS) is 15.0. The summed E-state index contributed by atoms with van der Waals surface area (Å²) in [5.41, 5.74) is 1.50. The summed E-state index contributed by atoms with van der Waals surface area (Å²) < 4.78 is 38.6. The molecule has 0 spiro atoms. The third kappa shape index (κ3) is 9.78. The summed E-state index contributed by atoms with van der Waals surface area (Å²) in [4.78, 5) is 13.6. The Morgan fingerprint density at radius 3 is 2.17 bits per heavy atom. The lowest BCUT2D eigenvalue weighted by Gasteiger charge is -2.38. The number of carbonyl (C=O) groups is 1. The van der Waals surface area contributed by atoms with Crippen molar-refractivity contribution in [1.29, 1.82) is 0 Å². The minimum absolute atomic E-state index is 0.00251. The van der Waals surface area contributed by atoms with Gasteiger partial charge in [0.05, 0.1) is 16.1 Å². The van der Waals surface area contributed by atoms with Gasteiger partial charge in [-0.2, -0.15) is 13.2 Å². The number of rotatable bonds is 13. The fourth-order valence-electron chi connectivity index (χ4n) is 5.78. The summed E-state index contributed by atoms with van der Waals surface area (Å²) >= 11 is 5.88. The predicted molar refractivity (Wildman–Crippen MR) is 162 cm³/mol. The van der Waals surface area contributed by atoms with Gasteiger partial charge in [0.1, 0.15) is 0 Å². The molecule has 3 N–H and O–H groups in total. The molecule has 8 heteroatoms. The van der Waals surface area contributed by atoms with Crippen LogP contribution >= 0.6 is 11.6 Å². The fourth-order valence-corrected chi connectivity index (χ4v) is 6.09. The molecule has 1 aliphatic carbocycles. The number of aromatic carboxylic acids is 1. The molecule has 0 aliphatic heterocycles. The van der Waals surface area contributed by atoms with E-state index in [1.807, 2.05) is 0 Å². The average molecular weight is 593 g/mol. The summed E-state index contributed by atoms with van der Waals surface area (Å²) in [7, 11) is 0. The maximum atomic E-state index is 12.9. The zero-order valence-corrected chi connectivity index (χ0v) is 24.8. The van der Waals surface area contributed by atoms with E-state index in [1.54, 1.807) is 30.5 Å². The summed E-state index contributed by atoms with van der Waals surface area (Å²) in [5, 5.41) is 13.4. The molecule has 0 saturated heterocycles. The minimum atomic E-state index is -4.26. The Kier molecular flexibility index (Phi) is 13.0. The molecule has 4 rings (SSSR count). The molecule has 1 fully saturated rings. The van der Waals surface area contributed by atoms with Crippen molar-refractivity contribution in [3.05, 3.63) is 70.4 Å². The zero-order chi connectivity index (χ0) is 29.7. The van der Waals surface area contributed by atoms with Crippen LogP contribution in [0.15, 0.2) is 48.7 Å². The lowest BCUT2D eigenvalue weighted by atomic mass is 9.69. The highest BCUT2D eigenvalue weighted by molar-refractivity contribution is 6.38. The van der Waals surface area contributed by atoms with Gasteiger partial charge in [-0.3, -0.25) is 0 Å². The number of alkyl halides is 3. The Hall–Kier alpha value is -2.51. The number of hydrogen-bond donors (Lipinski definition) is 3. The first kappa shape index (κ1) is 33.0. The van der Waals surface area contributed by atoms with Gasteiger partial charge >= 0.3 is 12.1 Å². The van der Waals surface area contributed by atoms with E-state index in [9.17, 15) is 18.0 Å². The second kappa shape index (κ2) is 16.2. The molecule has 3 aromatic rings. The highest BCUT2D eigenvalue weighted by Crippen LogP contribution is 2.40. The van der Waals surface area contributed by atoms with Crippen molar-refractivity contribution in [3.63, 3.8) is 0 Å². The largest absolute Gasteiger partial charge is 0.478 e. The van der Waals surface area contributed by atoms with Gasteiger partial charge in [0, 0.05) is 29.1 Å². The summed E-state index contributed by atoms with van der Waals surface area (Å²) in [6, 6.07) is 10.9. The number of aromatic amines is 1. The second-order valence-electron chi connectivity index (χ2n) is 11.2. The first-order chi connectivity index (χ1) is 19.7. The third-order valence-electron chi connectivity index (χ3n) is 8.20.